The van der Waals surface area contributed by atoms with Crippen LogP contribution in [0.5, 0.6) is 5.75 Å². The fourth-order valence-electron chi connectivity index (χ4n) is 1.70. The molecule has 19 heavy (non-hydrogen) atoms. The van der Waals surface area contributed by atoms with Crippen molar-refractivity contribution >= 4 is 5.69 Å². The van der Waals surface area contributed by atoms with Gasteiger partial charge < -0.3 is 10.5 Å². The summed E-state index contributed by atoms with van der Waals surface area (Å²) in [5, 5.41) is 8.66. The lowest BCUT2D eigenvalue weighted by Gasteiger charge is -2.11. The summed E-state index contributed by atoms with van der Waals surface area (Å²) in [5.74, 6) is -0.415. The van der Waals surface area contributed by atoms with Crippen molar-refractivity contribution in [2.45, 2.75) is 13.5 Å². The Hall–Kier alpha value is -2.54. The van der Waals surface area contributed by atoms with Gasteiger partial charge in [-0.3, -0.25) is 0 Å². The third kappa shape index (κ3) is 2.83. The molecule has 2 aromatic rings. The van der Waals surface area contributed by atoms with E-state index in [0.717, 1.165) is 17.2 Å². The summed E-state index contributed by atoms with van der Waals surface area (Å²) in [6.07, 6.45) is 0. The molecule has 0 fully saturated rings. The number of halogens is 1. The van der Waals surface area contributed by atoms with E-state index in [4.69, 9.17) is 15.7 Å². The van der Waals surface area contributed by atoms with Crippen LogP contribution in [0.4, 0.5) is 10.1 Å². The van der Waals surface area contributed by atoms with Crippen LogP contribution in [-0.4, -0.2) is 0 Å². The number of benzene rings is 2. The summed E-state index contributed by atoms with van der Waals surface area (Å²) in [6, 6.07) is 11.5. The number of nitrogen functional groups attached to an aromatic ring is 1. The highest BCUT2D eigenvalue weighted by atomic mass is 19.1. The first-order chi connectivity index (χ1) is 9.11. The van der Waals surface area contributed by atoms with Crippen LogP contribution in [0, 0.1) is 24.1 Å². The minimum absolute atomic E-state index is 0.126. The normalized spacial score (nSPS) is 9.95. The molecule has 0 radical (unpaired) electrons. The van der Waals surface area contributed by atoms with E-state index in [1.807, 2.05) is 25.1 Å². The molecule has 0 atom stereocenters. The number of anilines is 1. The predicted molar refractivity (Wildman–Crippen MR) is 71.0 cm³/mol. The fourth-order valence-corrected chi connectivity index (χ4v) is 1.70. The van der Waals surface area contributed by atoms with E-state index in [9.17, 15) is 4.39 Å². The zero-order valence-electron chi connectivity index (χ0n) is 10.5. The van der Waals surface area contributed by atoms with Crippen LogP contribution in [0.25, 0.3) is 0 Å². The van der Waals surface area contributed by atoms with Crippen LogP contribution in [0.15, 0.2) is 36.4 Å². The van der Waals surface area contributed by atoms with Gasteiger partial charge in [0.25, 0.3) is 0 Å². The van der Waals surface area contributed by atoms with E-state index in [1.54, 1.807) is 6.07 Å². The Morgan fingerprint density at radius 3 is 2.79 bits per heavy atom. The molecule has 96 valence electrons. The predicted octanol–water partition coefficient (Wildman–Crippen LogP) is 3.17. The highest BCUT2D eigenvalue weighted by Gasteiger charge is 2.07. The molecule has 0 heterocycles. The summed E-state index contributed by atoms with van der Waals surface area (Å²) < 4.78 is 19.0. The Labute approximate surface area is 111 Å². The molecule has 0 spiro atoms. The third-order valence-electron chi connectivity index (χ3n) is 2.93. The molecule has 2 rings (SSSR count). The van der Waals surface area contributed by atoms with Crippen LogP contribution in [0.1, 0.15) is 16.7 Å². The smallest absolute Gasteiger partial charge is 0.166 e. The van der Waals surface area contributed by atoms with Crippen molar-refractivity contribution in [3.63, 3.8) is 0 Å². The Morgan fingerprint density at radius 2 is 2.11 bits per heavy atom. The molecule has 0 aliphatic heterocycles. The minimum Gasteiger partial charge on any atom is -0.486 e. The van der Waals surface area contributed by atoms with Crippen LogP contribution < -0.4 is 10.5 Å². The van der Waals surface area contributed by atoms with Gasteiger partial charge in [0.2, 0.25) is 0 Å². The molecule has 0 aliphatic rings. The maximum Gasteiger partial charge on any atom is 0.166 e. The monoisotopic (exact) mass is 256 g/mol. The van der Waals surface area contributed by atoms with Gasteiger partial charge in [0.05, 0.1) is 11.6 Å². The molecule has 0 unspecified atom stereocenters. The van der Waals surface area contributed by atoms with E-state index in [1.165, 1.54) is 12.1 Å². The first-order valence-electron chi connectivity index (χ1n) is 5.78. The Balaban J connectivity index is 2.15. The van der Waals surface area contributed by atoms with Gasteiger partial charge in [-0.25, -0.2) is 4.39 Å². The molecule has 3 nitrogen and oxygen atoms in total. The van der Waals surface area contributed by atoms with Gasteiger partial charge >= 0.3 is 0 Å². The van der Waals surface area contributed by atoms with Gasteiger partial charge in [0.1, 0.15) is 6.61 Å². The van der Waals surface area contributed by atoms with Gasteiger partial charge in [-0.2, -0.15) is 5.26 Å². The summed E-state index contributed by atoms with van der Waals surface area (Å²) in [6.45, 7) is 2.13. The lowest BCUT2D eigenvalue weighted by atomic mass is 10.1. The standard InChI is InChI=1S/C15H13FN2O/c1-10-12(3-2-4-14(10)18)9-19-15-6-5-11(8-17)7-13(15)16/h2-7H,9,18H2,1H3. The molecule has 2 aromatic carbocycles. The number of nitrogens with two attached hydrogens (primary N) is 1. The molecule has 0 bridgehead atoms. The number of nitrogens with zero attached hydrogens (tertiary/aromatic N) is 1. The SMILES string of the molecule is Cc1c(N)cccc1COc1ccc(C#N)cc1F. The topological polar surface area (TPSA) is 59.0 Å². The van der Waals surface area contributed by atoms with Crippen molar-refractivity contribution in [2.75, 3.05) is 5.73 Å². The van der Waals surface area contributed by atoms with Crippen molar-refractivity contribution in [1.29, 1.82) is 5.26 Å². The van der Waals surface area contributed by atoms with Gasteiger partial charge in [0.15, 0.2) is 11.6 Å². The molecule has 2 N–H and O–H groups in total. The number of hydrogen-bond acceptors (Lipinski definition) is 3. The lowest BCUT2D eigenvalue weighted by molar-refractivity contribution is 0.289. The quantitative estimate of drug-likeness (QED) is 0.858. The second-order valence-corrected chi connectivity index (χ2v) is 4.18. The second kappa shape index (κ2) is 5.40. The Bertz CT molecular complexity index is 647. The average Bonchev–Trinajstić information content (AvgIpc) is 2.41. The molecular weight excluding hydrogens is 243 g/mol. The Kier molecular flexibility index (Phi) is 3.67. The highest BCUT2D eigenvalue weighted by Crippen LogP contribution is 2.21. The fraction of sp³-hybridized carbons (Fsp3) is 0.133. The third-order valence-corrected chi connectivity index (χ3v) is 2.93. The van der Waals surface area contributed by atoms with E-state index in [-0.39, 0.29) is 17.9 Å². The second-order valence-electron chi connectivity index (χ2n) is 4.18. The van der Waals surface area contributed by atoms with E-state index in [2.05, 4.69) is 0 Å². The molecule has 0 aliphatic carbocycles. The van der Waals surface area contributed by atoms with Crippen LogP contribution >= 0.6 is 0 Å². The van der Waals surface area contributed by atoms with Crippen LogP contribution in [-0.2, 0) is 6.61 Å². The van der Waals surface area contributed by atoms with Gasteiger partial charge in [-0.15, -0.1) is 0 Å². The summed E-state index contributed by atoms with van der Waals surface area (Å²) in [5.41, 5.74) is 8.58. The molecule has 0 saturated carbocycles. The zero-order chi connectivity index (χ0) is 13.8. The molecular formula is C15H13FN2O. The summed E-state index contributed by atoms with van der Waals surface area (Å²) in [7, 11) is 0. The van der Waals surface area contributed by atoms with Crippen molar-refractivity contribution in [3.05, 3.63) is 58.9 Å². The first kappa shape index (κ1) is 12.9. The molecule has 0 saturated heterocycles. The minimum atomic E-state index is -0.541. The van der Waals surface area contributed by atoms with Gasteiger partial charge in [0, 0.05) is 5.69 Å². The number of hydrogen-bond donors (Lipinski definition) is 1. The molecule has 0 amide bonds. The van der Waals surface area contributed by atoms with E-state index < -0.39 is 5.82 Å². The largest absolute Gasteiger partial charge is 0.486 e. The van der Waals surface area contributed by atoms with Crippen molar-refractivity contribution in [3.8, 4) is 11.8 Å². The van der Waals surface area contributed by atoms with Crippen molar-refractivity contribution in [2.24, 2.45) is 0 Å². The highest BCUT2D eigenvalue weighted by molar-refractivity contribution is 5.49. The summed E-state index contributed by atoms with van der Waals surface area (Å²) in [4.78, 5) is 0. The summed E-state index contributed by atoms with van der Waals surface area (Å²) >= 11 is 0. The van der Waals surface area contributed by atoms with E-state index >= 15 is 0 Å². The maximum absolute atomic E-state index is 13.6. The van der Waals surface area contributed by atoms with Gasteiger partial charge in [-0.1, -0.05) is 12.1 Å². The molecule has 0 aromatic heterocycles. The van der Waals surface area contributed by atoms with Gasteiger partial charge in [-0.05, 0) is 42.3 Å². The number of rotatable bonds is 3. The van der Waals surface area contributed by atoms with Crippen molar-refractivity contribution < 1.29 is 9.13 Å². The maximum atomic E-state index is 13.6. The van der Waals surface area contributed by atoms with E-state index in [0.29, 0.717) is 5.69 Å². The molecule has 4 heteroatoms. The van der Waals surface area contributed by atoms with Crippen LogP contribution in [0.2, 0.25) is 0 Å². The zero-order valence-corrected chi connectivity index (χ0v) is 10.5. The number of ether oxygens (including phenoxy) is 1. The lowest BCUT2D eigenvalue weighted by Crippen LogP contribution is -2.01. The number of nitriles is 1. The first-order valence-corrected chi connectivity index (χ1v) is 5.78. The van der Waals surface area contributed by atoms with Crippen LogP contribution in [0.3, 0.4) is 0 Å². The van der Waals surface area contributed by atoms with Crippen molar-refractivity contribution in [1.82, 2.24) is 0 Å². The average molecular weight is 256 g/mol. The Morgan fingerprint density at radius 1 is 1.32 bits per heavy atom.